The SMILES string of the molecule is C=C1[C@H]2CC[C@@H]1n1c2nc(-c2cccc(C)n2)c1-c1ccnc(NCCO)c1. The predicted molar refractivity (Wildman–Crippen MR) is 109 cm³/mol. The molecule has 0 radical (unpaired) electrons. The number of pyridine rings is 2. The van der Waals surface area contributed by atoms with Crippen molar-refractivity contribution < 1.29 is 5.11 Å². The van der Waals surface area contributed by atoms with Crippen LogP contribution in [0, 0.1) is 6.92 Å². The number of aliphatic hydroxyl groups is 1. The molecule has 1 aliphatic carbocycles. The lowest BCUT2D eigenvalue weighted by atomic mass is 10.1. The molecule has 2 N–H and O–H groups in total. The zero-order valence-corrected chi connectivity index (χ0v) is 15.9. The monoisotopic (exact) mass is 373 g/mol. The van der Waals surface area contributed by atoms with Crippen molar-refractivity contribution in [3.63, 3.8) is 0 Å². The molecule has 28 heavy (non-hydrogen) atoms. The maximum Gasteiger partial charge on any atom is 0.126 e. The van der Waals surface area contributed by atoms with E-state index in [0.29, 0.717) is 18.5 Å². The number of anilines is 1. The molecular formula is C22H23N5O. The Balaban J connectivity index is 1.70. The fourth-order valence-corrected chi connectivity index (χ4v) is 4.52. The standard InChI is InChI=1S/C22H23N5O/c1-13-4-3-5-17(25-13)20-21(15-8-9-23-19(12-15)24-10-11-28)27-18-7-6-16(14(18)2)22(27)26-20/h3-5,8-9,12,16,18,28H,2,6-7,10-11H2,1H3,(H,23,24)/t16-,18+/m1/s1. The third kappa shape index (κ3) is 2.56. The number of nitrogens with one attached hydrogen (secondary N) is 1. The number of nitrogens with zero attached hydrogens (tertiary/aromatic N) is 4. The molecule has 0 amide bonds. The third-order valence-electron chi connectivity index (χ3n) is 5.75. The highest BCUT2D eigenvalue weighted by molar-refractivity contribution is 5.79. The van der Waals surface area contributed by atoms with Crippen molar-refractivity contribution in [1.29, 1.82) is 0 Å². The van der Waals surface area contributed by atoms with Crippen LogP contribution >= 0.6 is 0 Å². The van der Waals surface area contributed by atoms with E-state index in [4.69, 9.17) is 15.1 Å². The van der Waals surface area contributed by atoms with E-state index in [2.05, 4.69) is 21.4 Å². The van der Waals surface area contributed by atoms with Gasteiger partial charge in [0.15, 0.2) is 0 Å². The molecule has 6 heteroatoms. The van der Waals surface area contributed by atoms with Gasteiger partial charge in [0, 0.05) is 29.9 Å². The number of hydrogen-bond acceptors (Lipinski definition) is 5. The fourth-order valence-electron chi connectivity index (χ4n) is 4.52. The minimum atomic E-state index is 0.0655. The number of imidazole rings is 1. The highest BCUT2D eigenvalue weighted by atomic mass is 16.3. The van der Waals surface area contributed by atoms with Gasteiger partial charge in [0.05, 0.1) is 24.0 Å². The average molecular weight is 373 g/mol. The van der Waals surface area contributed by atoms with E-state index < -0.39 is 0 Å². The number of hydrogen-bond donors (Lipinski definition) is 2. The first-order valence-corrected chi connectivity index (χ1v) is 9.73. The Labute approximate surface area is 164 Å². The lowest BCUT2D eigenvalue weighted by Gasteiger charge is -2.17. The minimum absolute atomic E-state index is 0.0655. The van der Waals surface area contributed by atoms with Crippen LogP contribution in [0.15, 0.2) is 48.7 Å². The maximum absolute atomic E-state index is 9.10. The highest BCUT2D eigenvalue weighted by Gasteiger charge is 2.44. The molecule has 5 rings (SSSR count). The number of aromatic nitrogens is 4. The van der Waals surface area contributed by atoms with Crippen LogP contribution in [-0.4, -0.2) is 37.8 Å². The summed E-state index contributed by atoms with van der Waals surface area (Å²) in [7, 11) is 0. The molecule has 0 unspecified atom stereocenters. The molecule has 0 saturated heterocycles. The molecule has 1 saturated carbocycles. The smallest absolute Gasteiger partial charge is 0.126 e. The van der Waals surface area contributed by atoms with Crippen LogP contribution in [0.5, 0.6) is 0 Å². The van der Waals surface area contributed by atoms with Crippen LogP contribution in [0.25, 0.3) is 22.6 Å². The average Bonchev–Trinajstić information content (AvgIpc) is 3.35. The summed E-state index contributed by atoms with van der Waals surface area (Å²) in [6.07, 6.45) is 4.03. The molecule has 2 atom stereocenters. The molecule has 2 bridgehead atoms. The molecule has 2 aliphatic rings. The summed E-state index contributed by atoms with van der Waals surface area (Å²) in [6.45, 7) is 6.88. The van der Waals surface area contributed by atoms with Crippen molar-refractivity contribution in [2.75, 3.05) is 18.5 Å². The molecule has 142 valence electrons. The van der Waals surface area contributed by atoms with Crippen LogP contribution < -0.4 is 5.32 Å². The molecule has 3 aromatic rings. The van der Waals surface area contributed by atoms with E-state index in [0.717, 1.165) is 52.8 Å². The van der Waals surface area contributed by atoms with Crippen molar-refractivity contribution >= 4 is 5.82 Å². The molecule has 3 aromatic heterocycles. The van der Waals surface area contributed by atoms with Crippen molar-refractivity contribution in [3.05, 3.63) is 60.2 Å². The van der Waals surface area contributed by atoms with Gasteiger partial charge in [-0.3, -0.25) is 4.98 Å². The molecule has 1 fully saturated rings. The first kappa shape index (κ1) is 17.1. The second-order valence-electron chi connectivity index (χ2n) is 7.50. The summed E-state index contributed by atoms with van der Waals surface area (Å²) in [4.78, 5) is 14.2. The zero-order valence-electron chi connectivity index (χ0n) is 15.9. The maximum atomic E-state index is 9.10. The topological polar surface area (TPSA) is 75.9 Å². The third-order valence-corrected chi connectivity index (χ3v) is 5.75. The van der Waals surface area contributed by atoms with E-state index in [9.17, 15) is 0 Å². The summed E-state index contributed by atoms with van der Waals surface area (Å²) in [5.74, 6) is 2.19. The number of aryl methyl sites for hydroxylation is 1. The first-order chi connectivity index (χ1) is 13.7. The Hall–Kier alpha value is -2.99. The van der Waals surface area contributed by atoms with Crippen LogP contribution in [-0.2, 0) is 0 Å². The lowest BCUT2D eigenvalue weighted by molar-refractivity contribution is 0.311. The van der Waals surface area contributed by atoms with E-state index in [1.807, 2.05) is 37.3 Å². The van der Waals surface area contributed by atoms with Gasteiger partial charge in [0.2, 0.25) is 0 Å². The molecule has 4 heterocycles. The fraction of sp³-hybridized carbons (Fsp3) is 0.318. The number of allylic oxidation sites excluding steroid dienone is 1. The summed E-state index contributed by atoms with van der Waals surface area (Å²) in [6, 6.07) is 10.4. The van der Waals surface area contributed by atoms with Crippen molar-refractivity contribution in [3.8, 4) is 22.6 Å². The Morgan fingerprint density at radius 2 is 2.14 bits per heavy atom. The summed E-state index contributed by atoms with van der Waals surface area (Å²) < 4.78 is 2.36. The van der Waals surface area contributed by atoms with Crippen molar-refractivity contribution in [1.82, 2.24) is 19.5 Å². The second kappa shape index (κ2) is 6.56. The Bertz CT molecular complexity index is 1070. The first-order valence-electron chi connectivity index (χ1n) is 9.73. The summed E-state index contributed by atoms with van der Waals surface area (Å²) in [5, 5.41) is 12.3. The summed E-state index contributed by atoms with van der Waals surface area (Å²) >= 11 is 0. The van der Waals surface area contributed by atoms with Gasteiger partial charge in [-0.05, 0) is 49.6 Å². The van der Waals surface area contributed by atoms with Gasteiger partial charge in [-0.2, -0.15) is 0 Å². The Morgan fingerprint density at radius 3 is 2.96 bits per heavy atom. The molecule has 6 nitrogen and oxygen atoms in total. The largest absolute Gasteiger partial charge is 0.395 e. The van der Waals surface area contributed by atoms with Gasteiger partial charge < -0.3 is 15.0 Å². The van der Waals surface area contributed by atoms with Gasteiger partial charge in [0.25, 0.3) is 0 Å². The van der Waals surface area contributed by atoms with E-state index in [1.54, 1.807) is 6.20 Å². The molecular weight excluding hydrogens is 350 g/mol. The van der Waals surface area contributed by atoms with E-state index in [-0.39, 0.29) is 6.61 Å². The Morgan fingerprint density at radius 1 is 1.25 bits per heavy atom. The van der Waals surface area contributed by atoms with Gasteiger partial charge in [-0.25, -0.2) is 9.97 Å². The van der Waals surface area contributed by atoms with Crippen LogP contribution in [0.4, 0.5) is 5.82 Å². The predicted octanol–water partition coefficient (Wildman–Crippen LogP) is 3.71. The van der Waals surface area contributed by atoms with Crippen LogP contribution in [0.2, 0.25) is 0 Å². The number of aliphatic hydroxyl groups excluding tert-OH is 1. The van der Waals surface area contributed by atoms with Crippen molar-refractivity contribution in [2.45, 2.75) is 31.7 Å². The lowest BCUT2D eigenvalue weighted by Crippen LogP contribution is -2.09. The summed E-state index contributed by atoms with van der Waals surface area (Å²) in [5.41, 5.74) is 6.19. The number of rotatable bonds is 5. The highest BCUT2D eigenvalue weighted by Crippen LogP contribution is 2.55. The van der Waals surface area contributed by atoms with Gasteiger partial charge in [-0.1, -0.05) is 12.6 Å². The van der Waals surface area contributed by atoms with E-state index >= 15 is 0 Å². The zero-order chi connectivity index (χ0) is 19.3. The number of fused-ring (bicyclic) bond motifs is 5. The van der Waals surface area contributed by atoms with Gasteiger partial charge >= 0.3 is 0 Å². The molecule has 0 spiro atoms. The second-order valence-corrected chi connectivity index (χ2v) is 7.50. The van der Waals surface area contributed by atoms with Crippen molar-refractivity contribution in [2.24, 2.45) is 0 Å². The quantitative estimate of drug-likeness (QED) is 0.667. The van der Waals surface area contributed by atoms with Crippen LogP contribution in [0.1, 0.15) is 36.3 Å². The van der Waals surface area contributed by atoms with Gasteiger partial charge in [-0.15, -0.1) is 0 Å². The molecule has 0 aromatic carbocycles. The Kier molecular flexibility index (Phi) is 4.02. The van der Waals surface area contributed by atoms with Gasteiger partial charge in [0.1, 0.15) is 17.3 Å². The normalized spacial score (nSPS) is 19.9. The minimum Gasteiger partial charge on any atom is -0.395 e. The van der Waals surface area contributed by atoms with Crippen LogP contribution in [0.3, 0.4) is 0 Å². The van der Waals surface area contributed by atoms with E-state index in [1.165, 1.54) is 5.57 Å². The molecule has 1 aliphatic heterocycles.